The normalized spacial score (nSPS) is 15.5. The maximum absolute atomic E-state index is 6.59. The van der Waals surface area contributed by atoms with Crippen LogP contribution in [0.3, 0.4) is 0 Å². The number of benzene rings is 8. The monoisotopic (exact) mass is 843 g/mol. The zero-order valence-corrected chi connectivity index (χ0v) is 33.0. The Bertz CT molecular complexity index is 3080. The molecule has 3 aliphatic rings. The molecule has 270 valence electrons. The van der Waals surface area contributed by atoms with Gasteiger partial charge in [-0.25, -0.2) is 9.98 Å². The number of amidine groups is 2. The van der Waals surface area contributed by atoms with Gasteiger partial charge in [-0.3, -0.25) is 0 Å². The van der Waals surface area contributed by atoms with Gasteiger partial charge in [-0.05, 0) is 79.4 Å². The molecule has 2 aliphatic carbocycles. The van der Waals surface area contributed by atoms with Crippen LogP contribution in [0.15, 0.2) is 202 Å². The topological polar surface area (TPSA) is 49.9 Å². The summed E-state index contributed by atoms with van der Waals surface area (Å²) in [5, 5.41) is 5.70. The van der Waals surface area contributed by atoms with Gasteiger partial charge in [-0.15, -0.1) is 24.0 Å². The van der Waals surface area contributed by atoms with Crippen LogP contribution in [-0.2, 0) is 5.41 Å². The Kier molecular flexibility index (Phi) is 7.70. The van der Waals surface area contributed by atoms with Crippen molar-refractivity contribution < 1.29 is 4.42 Å². The molecular weight excluding hydrogens is 809 g/mol. The molecule has 0 saturated carbocycles. The van der Waals surface area contributed by atoms with Gasteiger partial charge in [0.05, 0.1) is 5.41 Å². The standard InChI is InChI=1S/C52H33N3O.HI/c1-3-15-32(16-4-1)49-53-50(33-17-5-2-6-18-33)55-51(54-49)39-23-14-28-46-48(39)40-31-34(29-30-45(40)56-46)35-22-13-27-44-47(35)38-21-9-12-26-43(38)52(44)41-24-10-7-19-36(41)37-20-8-11-25-42(37)52;/h1-31,49H,(H,53,54,55);1H. The van der Waals surface area contributed by atoms with E-state index >= 15 is 0 Å². The van der Waals surface area contributed by atoms with Crippen molar-refractivity contribution >= 4 is 57.6 Å². The number of halogens is 1. The summed E-state index contributed by atoms with van der Waals surface area (Å²) in [6.07, 6.45) is -0.392. The minimum absolute atomic E-state index is 0. The molecule has 12 rings (SSSR count). The van der Waals surface area contributed by atoms with Crippen molar-refractivity contribution in [1.29, 1.82) is 0 Å². The van der Waals surface area contributed by atoms with Gasteiger partial charge in [0.15, 0.2) is 6.17 Å². The summed E-state index contributed by atoms with van der Waals surface area (Å²) in [4.78, 5) is 10.3. The number of rotatable bonds is 4. The summed E-state index contributed by atoms with van der Waals surface area (Å²) in [7, 11) is 0. The molecule has 4 nitrogen and oxygen atoms in total. The Balaban J connectivity index is 0.00000374. The lowest BCUT2D eigenvalue weighted by Crippen LogP contribution is -2.36. The molecule has 2 heterocycles. The molecule has 1 unspecified atom stereocenters. The number of aliphatic imine (C=N–C) groups is 2. The molecule has 1 N–H and O–H groups in total. The molecule has 0 bridgehead atoms. The highest BCUT2D eigenvalue weighted by atomic mass is 127. The van der Waals surface area contributed by atoms with E-state index in [4.69, 9.17) is 14.4 Å². The van der Waals surface area contributed by atoms with Gasteiger partial charge in [0.1, 0.15) is 22.8 Å². The Hall–Kier alpha value is -6.57. The number of furan rings is 1. The van der Waals surface area contributed by atoms with E-state index in [9.17, 15) is 0 Å². The summed E-state index contributed by atoms with van der Waals surface area (Å²) in [6, 6.07) is 67.3. The van der Waals surface area contributed by atoms with Crippen molar-refractivity contribution in [3.63, 3.8) is 0 Å². The van der Waals surface area contributed by atoms with Crippen LogP contribution in [0.25, 0.3) is 55.3 Å². The average molecular weight is 844 g/mol. The first-order chi connectivity index (χ1) is 27.8. The van der Waals surface area contributed by atoms with E-state index in [1.165, 1.54) is 50.1 Å². The van der Waals surface area contributed by atoms with Crippen molar-refractivity contribution in [2.24, 2.45) is 9.98 Å². The summed E-state index contributed by atoms with van der Waals surface area (Å²) < 4.78 is 6.59. The summed E-state index contributed by atoms with van der Waals surface area (Å²) >= 11 is 0. The second-order valence-corrected chi connectivity index (χ2v) is 14.8. The maximum atomic E-state index is 6.59. The van der Waals surface area contributed by atoms with Crippen LogP contribution in [0, 0.1) is 0 Å². The summed E-state index contributed by atoms with van der Waals surface area (Å²) in [6.45, 7) is 0. The van der Waals surface area contributed by atoms with Crippen LogP contribution in [0.4, 0.5) is 0 Å². The number of nitrogens with zero attached hydrogens (tertiary/aromatic N) is 2. The third-order valence-electron chi connectivity index (χ3n) is 12.0. The third-order valence-corrected chi connectivity index (χ3v) is 12.0. The molecule has 9 aromatic rings. The van der Waals surface area contributed by atoms with E-state index < -0.39 is 11.6 Å². The lowest BCUT2D eigenvalue weighted by atomic mass is 9.70. The molecule has 0 saturated heterocycles. The van der Waals surface area contributed by atoms with Crippen LogP contribution in [0.1, 0.15) is 45.1 Å². The summed E-state index contributed by atoms with van der Waals surface area (Å²) in [5.41, 5.74) is 17.2. The van der Waals surface area contributed by atoms with Crippen LogP contribution in [0.2, 0.25) is 0 Å². The largest absolute Gasteiger partial charge is 0.456 e. The average Bonchev–Trinajstić information content (AvgIpc) is 3.91. The fraction of sp³-hybridized carbons (Fsp3) is 0.0385. The van der Waals surface area contributed by atoms with Gasteiger partial charge < -0.3 is 9.73 Å². The van der Waals surface area contributed by atoms with Crippen molar-refractivity contribution in [3.05, 3.63) is 227 Å². The quantitative estimate of drug-likeness (QED) is 0.179. The second kappa shape index (κ2) is 13.0. The Labute approximate surface area is 347 Å². The Morgan fingerprint density at radius 2 is 1.00 bits per heavy atom. The molecule has 0 amide bonds. The van der Waals surface area contributed by atoms with Crippen LogP contribution in [-0.4, -0.2) is 11.7 Å². The van der Waals surface area contributed by atoms with E-state index in [1.54, 1.807) is 0 Å². The third kappa shape index (κ3) is 4.85. The van der Waals surface area contributed by atoms with E-state index in [2.05, 4.69) is 151 Å². The highest BCUT2D eigenvalue weighted by Gasteiger charge is 2.51. The van der Waals surface area contributed by atoms with E-state index in [0.29, 0.717) is 0 Å². The molecule has 0 fully saturated rings. The zero-order chi connectivity index (χ0) is 36.8. The first-order valence-electron chi connectivity index (χ1n) is 19.2. The predicted octanol–water partition coefficient (Wildman–Crippen LogP) is 12.7. The molecule has 1 aliphatic heterocycles. The fourth-order valence-electron chi connectivity index (χ4n) is 9.68. The van der Waals surface area contributed by atoms with Crippen LogP contribution >= 0.6 is 24.0 Å². The number of hydrogen-bond donors (Lipinski definition) is 1. The molecule has 8 aromatic carbocycles. The van der Waals surface area contributed by atoms with Crippen molar-refractivity contribution in [2.75, 3.05) is 0 Å². The molecule has 5 heteroatoms. The maximum Gasteiger partial charge on any atom is 0.169 e. The first kappa shape index (κ1) is 33.7. The number of fused-ring (bicyclic) bond motifs is 13. The molecular formula is C52H34IN3O. The smallest absolute Gasteiger partial charge is 0.169 e. The number of hydrogen-bond acceptors (Lipinski definition) is 4. The van der Waals surface area contributed by atoms with Gasteiger partial charge in [0, 0.05) is 21.9 Å². The van der Waals surface area contributed by atoms with Gasteiger partial charge in [0.25, 0.3) is 0 Å². The second-order valence-electron chi connectivity index (χ2n) is 14.8. The molecule has 1 aromatic heterocycles. The lowest BCUT2D eigenvalue weighted by molar-refractivity contribution is 0.669. The highest BCUT2D eigenvalue weighted by molar-refractivity contribution is 14.0. The molecule has 1 spiro atoms. The van der Waals surface area contributed by atoms with Crippen molar-refractivity contribution in [3.8, 4) is 33.4 Å². The first-order valence-corrected chi connectivity index (χ1v) is 19.2. The zero-order valence-electron chi connectivity index (χ0n) is 30.7. The molecule has 57 heavy (non-hydrogen) atoms. The van der Waals surface area contributed by atoms with Gasteiger partial charge in [-0.2, -0.15) is 0 Å². The van der Waals surface area contributed by atoms with Crippen LogP contribution in [0.5, 0.6) is 0 Å². The minimum atomic E-state index is -0.396. The number of nitrogens with one attached hydrogen (secondary N) is 1. The highest BCUT2D eigenvalue weighted by Crippen LogP contribution is 2.64. The molecule has 1 atom stereocenters. The minimum Gasteiger partial charge on any atom is -0.456 e. The van der Waals surface area contributed by atoms with E-state index in [0.717, 1.165) is 55.9 Å². The lowest BCUT2D eigenvalue weighted by Gasteiger charge is -2.30. The Morgan fingerprint density at radius 3 is 1.74 bits per heavy atom. The van der Waals surface area contributed by atoms with Crippen molar-refractivity contribution in [2.45, 2.75) is 11.6 Å². The molecule has 0 radical (unpaired) electrons. The predicted molar refractivity (Wildman–Crippen MR) is 243 cm³/mol. The Morgan fingerprint density at radius 1 is 0.439 bits per heavy atom. The van der Waals surface area contributed by atoms with Crippen molar-refractivity contribution in [1.82, 2.24) is 5.32 Å². The van der Waals surface area contributed by atoms with Gasteiger partial charge >= 0.3 is 0 Å². The van der Waals surface area contributed by atoms with Gasteiger partial charge in [0.2, 0.25) is 0 Å². The summed E-state index contributed by atoms with van der Waals surface area (Å²) in [5.74, 6) is 1.55. The van der Waals surface area contributed by atoms with E-state index in [1.807, 2.05) is 42.5 Å². The van der Waals surface area contributed by atoms with Gasteiger partial charge in [-0.1, -0.05) is 170 Å². The fourth-order valence-corrected chi connectivity index (χ4v) is 9.68. The SMILES string of the molecule is I.c1ccc(C2=NC(c3ccccc3)N=C(c3cccc4oc5ccc(-c6cccc7c6-c6ccccc6C76c7ccccc7-c7ccccc76)cc5c34)N2)cc1. The van der Waals surface area contributed by atoms with Crippen LogP contribution < -0.4 is 5.32 Å². The van der Waals surface area contributed by atoms with E-state index in [-0.39, 0.29) is 24.0 Å².